The van der Waals surface area contributed by atoms with Gasteiger partial charge < -0.3 is 5.32 Å². The molecule has 7 nitrogen and oxygen atoms in total. The highest BCUT2D eigenvalue weighted by molar-refractivity contribution is 7.17. The zero-order valence-corrected chi connectivity index (χ0v) is 19.0. The fraction of sp³-hybridized carbons (Fsp3) is 0.375. The molecule has 4 heterocycles. The molecule has 0 aliphatic carbocycles. The monoisotopic (exact) mass is 449 g/mol. The highest BCUT2D eigenvalue weighted by Gasteiger charge is 2.22. The molecule has 1 aliphatic heterocycles. The Bertz CT molecular complexity index is 1300. The number of amides is 1. The number of hydrogen-bond acceptors (Lipinski definition) is 5. The molecule has 0 saturated carbocycles. The van der Waals surface area contributed by atoms with Crippen LogP contribution in [0.1, 0.15) is 31.2 Å². The van der Waals surface area contributed by atoms with E-state index in [0.717, 1.165) is 48.5 Å². The third-order valence-electron chi connectivity index (χ3n) is 6.18. The predicted molar refractivity (Wildman–Crippen MR) is 127 cm³/mol. The van der Waals surface area contributed by atoms with Crippen LogP contribution in [-0.4, -0.2) is 44.1 Å². The van der Waals surface area contributed by atoms with Crippen LogP contribution in [-0.2, 0) is 24.3 Å². The summed E-state index contributed by atoms with van der Waals surface area (Å²) < 4.78 is 4.30. The first-order valence-electron chi connectivity index (χ1n) is 11.2. The van der Waals surface area contributed by atoms with E-state index in [1.165, 1.54) is 10.2 Å². The van der Waals surface area contributed by atoms with E-state index in [-0.39, 0.29) is 24.1 Å². The number of aromatic nitrogens is 3. The van der Waals surface area contributed by atoms with Crippen molar-refractivity contribution >= 4 is 33.0 Å². The highest BCUT2D eigenvalue weighted by atomic mass is 32.1. The van der Waals surface area contributed by atoms with E-state index >= 15 is 0 Å². The lowest BCUT2D eigenvalue weighted by molar-refractivity contribution is -0.123. The van der Waals surface area contributed by atoms with Gasteiger partial charge in [0.1, 0.15) is 17.9 Å². The first-order valence-corrected chi connectivity index (χ1v) is 12.0. The molecule has 1 N–H and O–H groups in total. The normalized spacial score (nSPS) is 15.5. The summed E-state index contributed by atoms with van der Waals surface area (Å²) in [5.74, 6) is 0.635. The molecule has 1 saturated heterocycles. The van der Waals surface area contributed by atoms with Gasteiger partial charge in [-0.3, -0.25) is 18.9 Å². The molecular formula is C24H27N5O2S. The summed E-state index contributed by atoms with van der Waals surface area (Å²) in [5, 5.41) is 9.65. The maximum Gasteiger partial charge on any atom is 0.291 e. The van der Waals surface area contributed by atoms with Crippen molar-refractivity contribution in [1.82, 2.24) is 24.4 Å². The number of rotatable bonds is 6. The van der Waals surface area contributed by atoms with Crippen LogP contribution in [0.25, 0.3) is 15.7 Å². The molecule has 1 aliphatic rings. The third kappa shape index (κ3) is 4.08. The van der Waals surface area contributed by atoms with Gasteiger partial charge in [0.25, 0.3) is 5.56 Å². The van der Waals surface area contributed by atoms with Crippen LogP contribution >= 0.6 is 11.3 Å². The second-order valence-electron chi connectivity index (χ2n) is 8.37. The van der Waals surface area contributed by atoms with Gasteiger partial charge in [-0.25, -0.2) is 4.68 Å². The van der Waals surface area contributed by atoms with Gasteiger partial charge >= 0.3 is 0 Å². The lowest BCUT2D eigenvalue weighted by Crippen LogP contribution is -2.46. The summed E-state index contributed by atoms with van der Waals surface area (Å²) in [6, 6.07) is 14.5. The van der Waals surface area contributed by atoms with Gasteiger partial charge in [0.15, 0.2) is 0 Å². The molecule has 0 bridgehead atoms. The van der Waals surface area contributed by atoms with Gasteiger partial charge in [0, 0.05) is 32.1 Å². The van der Waals surface area contributed by atoms with Crippen molar-refractivity contribution in [1.29, 1.82) is 0 Å². The minimum absolute atomic E-state index is 0.0502. The van der Waals surface area contributed by atoms with E-state index in [1.54, 1.807) is 11.3 Å². The van der Waals surface area contributed by atoms with E-state index in [2.05, 4.69) is 39.6 Å². The summed E-state index contributed by atoms with van der Waals surface area (Å²) >= 11 is 1.60. The van der Waals surface area contributed by atoms with Crippen LogP contribution in [0, 0.1) is 0 Å². The Hall–Kier alpha value is -2.97. The van der Waals surface area contributed by atoms with Gasteiger partial charge in [-0.1, -0.05) is 37.3 Å². The molecule has 1 fully saturated rings. The molecule has 1 aromatic carbocycles. The summed E-state index contributed by atoms with van der Waals surface area (Å²) in [5.41, 5.74) is 2.68. The van der Waals surface area contributed by atoms with Crippen molar-refractivity contribution in [3.63, 3.8) is 0 Å². The molecule has 32 heavy (non-hydrogen) atoms. The molecule has 0 radical (unpaired) electrons. The highest BCUT2D eigenvalue weighted by Crippen LogP contribution is 2.24. The number of likely N-dealkylation sites (tertiary alicyclic amines) is 1. The number of nitrogens with zero attached hydrogens (tertiary/aromatic N) is 4. The van der Waals surface area contributed by atoms with E-state index in [1.807, 2.05) is 34.9 Å². The number of nitrogens with one attached hydrogen (secondary N) is 1. The fourth-order valence-corrected chi connectivity index (χ4v) is 5.35. The minimum atomic E-state index is -0.224. The standard InChI is InChI=1S/C24H27N5O2S/c1-2-22-26-28(24(31)20-14-21-19(29(20)22)10-13-32-21)16-23(30)25-18-8-11-27(12-9-18)15-17-6-4-3-5-7-17/h3-7,10,13-14,18H,2,8-9,11-12,15-16H2,1H3,(H,25,30). The van der Waals surface area contributed by atoms with E-state index in [0.29, 0.717) is 11.9 Å². The van der Waals surface area contributed by atoms with Gasteiger partial charge in [0.05, 0.1) is 10.2 Å². The van der Waals surface area contributed by atoms with Crippen molar-refractivity contribution in [3.8, 4) is 0 Å². The number of hydrogen-bond donors (Lipinski definition) is 1. The largest absolute Gasteiger partial charge is 0.352 e. The average Bonchev–Trinajstić information content (AvgIpc) is 3.40. The summed E-state index contributed by atoms with van der Waals surface area (Å²) in [4.78, 5) is 28.2. The third-order valence-corrected chi connectivity index (χ3v) is 7.04. The van der Waals surface area contributed by atoms with Crippen LogP contribution in [0.15, 0.2) is 52.6 Å². The van der Waals surface area contributed by atoms with Gasteiger partial charge in [-0.05, 0) is 35.9 Å². The van der Waals surface area contributed by atoms with Crippen LogP contribution < -0.4 is 10.9 Å². The Balaban J connectivity index is 1.24. The van der Waals surface area contributed by atoms with E-state index in [4.69, 9.17) is 0 Å². The Kier molecular flexibility index (Phi) is 5.80. The van der Waals surface area contributed by atoms with Crippen LogP contribution in [0.3, 0.4) is 0 Å². The number of fused-ring (bicyclic) bond motifs is 3. The molecule has 166 valence electrons. The van der Waals surface area contributed by atoms with Crippen LogP contribution in [0.5, 0.6) is 0 Å². The molecular weight excluding hydrogens is 422 g/mol. The fourth-order valence-electron chi connectivity index (χ4n) is 4.54. The van der Waals surface area contributed by atoms with E-state index < -0.39 is 0 Å². The molecule has 1 amide bonds. The first-order chi connectivity index (χ1) is 15.6. The predicted octanol–water partition coefficient (Wildman–Crippen LogP) is 3.05. The minimum Gasteiger partial charge on any atom is -0.352 e. The van der Waals surface area contributed by atoms with Gasteiger partial charge in [-0.15, -0.1) is 11.3 Å². The quantitative estimate of drug-likeness (QED) is 0.491. The van der Waals surface area contributed by atoms with Crippen LogP contribution in [0.2, 0.25) is 0 Å². The number of benzene rings is 1. The van der Waals surface area contributed by atoms with E-state index in [9.17, 15) is 9.59 Å². The Labute approximate surface area is 190 Å². The molecule has 0 unspecified atom stereocenters. The molecule has 4 aromatic rings. The maximum atomic E-state index is 13.0. The van der Waals surface area contributed by atoms with Crippen molar-refractivity contribution in [2.75, 3.05) is 13.1 Å². The summed E-state index contributed by atoms with van der Waals surface area (Å²) in [7, 11) is 0. The molecule has 0 spiro atoms. The number of piperidine rings is 1. The molecule has 8 heteroatoms. The number of carbonyl (C=O) groups is 1. The summed E-state index contributed by atoms with van der Waals surface area (Å²) in [6.45, 7) is 4.80. The smallest absolute Gasteiger partial charge is 0.291 e. The lowest BCUT2D eigenvalue weighted by Gasteiger charge is -2.32. The topological polar surface area (TPSA) is 71.6 Å². The van der Waals surface area contributed by atoms with Gasteiger partial charge in [0.2, 0.25) is 5.91 Å². The Morgan fingerprint density at radius 2 is 1.94 bits per heavy atom. The Morgan fingerprint density at radius 1 is 1.16 bits per heavy atom. The van der Waals surface area contributed by atoms with Crippen molar-refractivity contribution in [2.45, 2.75) is 45.3 Å². The molecule has 5 rings (SSSR count). The SMILES string of the molecule is CCc1nn(CC(=O)NC2CCN(Cc3ccccc3)CC2)c(=O)c2cc3sccc3n12. The maximum absolute atomic E-state index is 13.0. The zero-order chi connectivity index (χ0) is 22.1. The number of aryl methyl sites for hydroxylation is 1. The molecule has 0 atom stereocenters. The first kappa shape index (κ1) is 20.9. The Morgan fingerprint density at radius 3 is 2.69 bits per heavy atom. The van der Waals surface area contributed by atoms with Crippen molar-refractivity contribution in [2.24, 2.45) is 0 Å². The number of carbonyl (C=O) groups excluding carboxylic acids is 1. The van der Waals surface area contributed by atoms with Gasteiger partial charge in [-0.2, -0.15) is 5.10 Å². The lowest BCUT2D eigenvalue weighted by atomic mass is 10.0. The summed E-state index contributed by atoms with van der Waals surface area (Å²) in [6.07, 6.45) is 2.50. The number of thiophene rings is 1. The second-order valence-corrected chi connectivity index (χ2v) is 9.32. The van der Waals surface area contributed by atoms with Crippen LogP contribution in [0.4, 0.5) is 0 Å². The van der Waals surface area contributed by atoms with Crippen molar-refractivity contribution in [3.05, 3.63) is 69.6 Å². The zero-order valence-electron chi connectivity index (χ0n) is 18.2. The average molecular weight is 450 g/mol. The van der Waals surface area contributed by atoms with Crippen molar-refractivity contribution < 1.29 is 4.79 Å². The second kappa shape index (κ2) is 8.88. The molecule has 3 aromatic heterocycles.